The lowest BCUT2D eigenvalue weighted by atomic mass is 10.1. The van der Waals surface area contributed by atoms with E-state index in [2.05, 4.69) is 10.0 Å². The van der Waals surface area contributed by atoms with Crippen LogP contribution >= 0.6 is 0 Å². The number of likely N-dealkylation sites (N-methyl/N-ethyl adjacent to an activating group) is 1. The summed E-state index contributed by atoms with van der Waals surface area (Å²) < 4.78 is 94.9. The van der Waals surface area contributed by atoms with Crippen LogP contribution in [-0.4, -0.2) is 60.4 Å². The molecule has 1 aliphatic heterocycles. The van der Waals surface area contributed by atoms with Crippen LogP contribution in [0, 0.1) is 0 Å². The summed E-state index contributed by atoms with van der Waals surface area (Å²) in [5.74, 6) is -0.203. The van der Waals surface area contributed by atoms with Crippen molar-refractivity contribution in [1.82, 2.24) is 14.9 Å². The highest BCUT2D eigenvalue weighted by Gasteiger charge is 2.39. The number of carbonyl (C=O) groups is 1. The van der Waals surface area contributed by atoms with E-state index in [0.717, 1.165) is 6.07 Å². The fourth-order valence-electron chi connectivity index (χ4n) is 3.64. The van der Waals surface area contributed by atoms with Gasteiger partial charge in [0.15, 0.2) is 0 Å². The van der Waals surface area contributed by atoms with Crippen LogP contribution in [0.3, 0.4) is 0 Å². The van der Waals surface area contributed by atoms with Gasteiger partial charge in [-0.25, -0.2) is 21.6 Å². The molecule has 0 saturated carbocycles. The molecular formula is C21H24F3N3O5S2. The molecule has 0 spiro atoms. The predicted molar refractivity (Wildman–Crippen MR) is 117 cm³/mol. The standard InChI is InChI=1S/C21H24F3N3O5S2/c1-25-20(28)14-27-11-9-15(10-12-27)26-34(31,32)19-13-17(7-8-18(19)21(22,23)24)33(29,30)16-5-3-2-4-6-16/h2-8,13,15,26H,9-12,14H2,1H3,(H,25,28). The highest BCUT2D eigenvalue weighted by molar-refractivity contribution is 7.91. The number of benzene rings is 2. The van der Waals surface area contributed by atoms with Gasteiger partial charge >= 0.3 is 6.18 Å². The number of nitrogens with zero attached hydrogens (tertiary/aromatic N) is 1. The number of rotatable bonds is 7. The van der Waals surface area contributed by atoms with Crippen molar-refractivity contribution in [3.05, 3.63) is 54.1 Å². The number of sulfone groups is 1. The number of halogens is 3. The van der Waals surface area contributed by atoms with Crippen LogP contribution in [0.2, 0.25) is 0 Å². The van der Waals surface area contributed by atoms with Gasteiger partial charge in [0.25, 0.3) is 0 Å². The number of sulfonamides is 1. The zero-order valence-electron chi connectivity index (χ0n) is 18.2. The number of likely N-dealkylation sites (tertiary alicyclic amines) is 1. The van der Waals surface area contributed by atoms with Gasteiger partial charge in [-0.2, -0.15) is 13.2 Å². The van der Waals surface area contributed by atoms with E-state index < -0.39 is 47.4 Å². The Labute approximate surface area is 196 Å². The Morgan fingerprint density at radius 3 is 2.18 bits per heavy atom. The van der Waals surface area contributed by atoms with E-state index in [1.807, 2.05) is 0 Å². The molecule has 2 aromatic carbocycles. The molecule has 13 heteroatoms. The van der Waals surface area contributed by atoms with Crippen molar-refractivity contribution in [1.29, 1.82) is 0 Å². The lowest BCUT2D eigenvalue weighted by Gasteiger charge is -2.31. The Morgan fingerprint density at radius 1 is 1.00 bits per heavy atom. The molecule has 1 fully saturated rings. The molecule has 1 amide bonds. The van der Waals surface area contributed by atoms with Crippen LogP contribution in [0.15, 0.2) is 63.2 Å². The van der Waals surface area contributed by atoms with Gasteiger partial charge in [-0.3, -0.25) is 9.69 Å². The molecule has 2 N–H and O–H groups in total. The largest absolute Gasteiger partial charge is 0.417 e. The Hall–Kier alpha value is -2.48. The monoisotopic (exact) mass is 519 g/mol. The highest BCUT2D eigenvalue weighted by Crippen LogP contribution is 2.36. The van der Waals surface area contributed by atoms with E-state index in [1.54, 1.807) is 11.0 Å². The average Bonchev–Trinajstić information content (AvgIpc) is 2.79. The van der Waals surface area contributed by atoms with Crippen molar-refractivity contribution in [2.24, 2.45) is 0 Å². The summed E-state index contributed by atoms with van der Waals surface area (Å²) in [7, 11) is -7.47. The summed E-state index contributed by atoms with van der Waals surface area (Å²) in [6, 6.07) is 8.12. The number of hydrogen-bond acceptors (Lipinski definition) is 6. The molecule has 3 rings (SSSR count). The van der Waals surface area contributed by atoms with Crippen molar-refractivity contribution in [3.63, 3.8) is 0 Å². The summed E-state index contributed by atoms with van der Waals surface area (Å²) in [6.07, 6.45) is -4.46. The van der Waals surface area contributed by atoms with Gasteiger partial charge in [-0.05, 0) is 43.2 Å². The normalized spacial score (nSPS) is 16.4. The maximum atomic E-state index is 13.6. The zero-order chi connectivity index (χ0) is 25.1. The maximum absolute atomic E-state index is 13.6. The highest BCUT2D eigenvalue weighted by atomic mass is 32.2. The van der Waals surface area contributed by atoms with Gasteiger partial charge in [0.1, 0.15) is 0 Å². The SMILES string of the molecule is CNC(=O)CN1CCC(NS(=O)(=O)c2cc(S(=O)(=O)c3ccccc3)ccc2C(F)(F)F)CC1. The average molecular weight is 520 g/mol. The predicted octanol–water partition coefficient (Wildman–Crippen LogP) is 2.03. The smallest absolute Gasteiger partial charge is 0.358 e. The summed E-state index contributed by atoms with van der Waals surface area (Å²) in [6.45, 7) is 0.873. The number of amides is 1. The van der Waals surface area contributed by atoms with Crippen molar-refractivity contribution in [2.75, 3.05) is 26.7 Å². The fraction of sp³-hybridized carbons (Fsp3) is 0.381. The van der Waals surface area contributed by atoms with Crippen LogP contribution in [0.25, 0.3) is 0 Å². The molecule has 1 aliphatic rings. The number of alkyl halides is 3. The van der Waals surface area contributed by atoms with E-state index in [4.69, 9.17) is 0 Å². The zero-order valence-corrected chi connectivity index (χ0v) is 19.8. The van der Waals surface area contributed by atoms with Gasteiger partial charge in [-0.15, -0.1) is 0 Å². The molecule has 34 heavy (non-hydrogen) atoms. The molecule has 0 unspecified atom stereocenters. The fourth-order valence-corrected chi connectivity index (χ4v) is 6.58. The molecule has 0 atom stereocenters. The van der Waals surface area contributed by atoms with Crippen LogP contribution in [0.1, 0.15) is 18.4 Å². The minimum Gasteiger partial charge on any atom is -0.358 e. The second-order valence-electron chi connectivity index (χ2n) is 7.82. The molecular weight excluding hydrogens is 495 g/mol. The minimum absolute atomic E-state index is 0.133. The third kappa shape index (κ3) is 5.95. The minimum atomic E-state index is -5.02. The van der Waals surface area contributed by atoms with Crippen molar-refractivity contribution in [3.8, 4) is 0 Å². The van der Waals surface area contributed by atoms with Crippen LogP contribution < -0.4 is 10.0 Å². The second-order valence-corrected chi connectivity index (χ2v) is 11.4. The Morgan fingerprint density at radius 2 is 1.62 bits per heavy atom. The molecule has 0 radical (unpaired) electrons. The van der Waals surface area contributed by atoms with Gasteiger partial charge in [0, 0.05) is 26.2 Å². The van der Waals surface area contributed by atoms with Crippen LogP contribution in [-0.2, 0) is 30.8 Å². The van der Waals surface area contributed by atoms with E-state index >= 15 is 0 Å². The summed E-state index contributed by atoms with van der Waals surface area (Å²) in [5, 5.41) is 2.49. The maximum Gasteiger partial charge on any atom is 0.417 e. The molecule has 186 valence electrons. The first kappa shape index (κ1) is 26.1. The van der Waals surface area contributed by atoms with Gasteiger partial charge in [0.2, 0.25) is 25.8 Å². The Bertz CT molecular complexity index is 1240. The quantitative estimate of drug-likeness (QED) is 0.579. The Balaban J connectivity index is 1.91. The van der Waals surface area contributed by atoms with Gasteiger partial charge in [0.05, 0.1) is 26.8 Å². The van der Waals surface area contributed by atoms with Gasteiger partial charge < -0.3 is 5.32 Å². The number of carbonyl (C=O) groups excluding carboxylic acids is 1. The Kier molecular flexibility index (Phi) is 7.70. The number of nitrogens with one attached hydrogen (secondary N) is 2. The molecule has 1 heterocycles. The summed E-state index contributed by atoms with van der Waals surface area (Å²) in [5.41, 5.74) is -1.45. The van der Waals surface area contributed by atoms with Crippen molar-refractivity contribution < 1.29 is 34.8 Å². The third-order valence-electron chi connectivity index (χ3n) is 5.47. The molecule has 0 aliphatic carbocycles. The topological polar surface area (TPSA) is 113 Å². The first-order valence-corrected chi connectivity index (χ1v) is 13.3. The van der Waals surface area contributed by atoms with E-state index in [0.29, 0.717) is 25.2 Å². The third-order valence-corrected chi connectivity index (χ3v) is 8.79. The second kappa shape index (κ2) is 10.0. The van der Waals surface area contributed by atoms with Gasteiger partial charge in [-0.1, -0.05) is 18.2 Å². The number of piperidine rings is 1. The summed E-state index contributed by atoms with van der Waals surface area (Å²) in [4.78, 5) is 11.4. The van der Waals surface area contributed by atoms with E-state index in [1.165, 1.54) is 31.3 Å². The van der Waals surface area contributed by atoms with E-state index in [-0.39, 0.29) is 30.2 Å². The van der Waals surface area contributed by atoms with Crippen LogP contribution in [0.4, 0.5) is 13.2 Å². The molecule has 0 aromatic heterocycles. The van der Waals surface area contributed by atoms with Crippen molar-refractivity contribution >= 4 is 25.8 Å². The molecule has 1 saturated heterocycles. The first-order chi connectivity index (χ1) is 15.8. The molecule has 2 aromatic rings. The van der Waals surface area contributed by atoms with Crippen LogP contribution in [0.5, 0.6) is 0 Å². The first-order valence-electron chi connectivity index (χ1n) is 10.3. The lowest BCUT2D eigenvalue weighted by molar-refractivity contribution is -0.140. The summed E-state index contributed by atoms with van der Waals surface area (Å²) >= 11 is 0. The lowest BCUT2D eigenvalue weighted by Crippen LogP contribution is -2.47. The molecule has 0 bridgehead atoms. The molecule has 8 nitrogen and oxygen atoms in total. The number of hydrogen-bond donors (Lipinski definition) is 2. The van der Waals surface area contributed by atoms with E-state index in [9.17, 15) is 34.8 Å². The van der Waals surface area contributed by atoms with Crippen molar-refractivity contribution in [2.45, 2.75) is 39.7 Å².